The fourth-order valence-corrected chi connectivity index (χ4v) is 2.60. The van der Waals surface area contributed by atoms with Crippen molar-refractivity contribution in [2.24, 2.45) is 0 Å². The second kappa shape index (κ2) is 7.63. The third-order valence-electron chi connectivity index (χ3n) is 3.95. The molecule has 0 spiro atoms. The monoisotopic (exact) mass is 342 g/mol. The minimum atomic E-state index is -1.67. The largest absolute Gasteiger partial charge is 0.394 e. The van der Waals surface area contributed by atoms with Crippen LogP contribution in [0.4, 0.5) is 0 Å². The van der Waals surface area contributed by atoms with E-state index in [1.165, 1.54) is 0 Å². The maximum absolute atomic E-state index is 9.85. The summed E-state index contributed by atoms with van der Waals surface area (Å²) in [6, 6.07) is 0. The first-order valence-corrected chi connectivity index (χ1v) is 7.08. The van der Waals surface area contributed by atoms with Gasteiger partial charge >= 0.3 is 0 Å². The lowest BCUT2D eigenvalue weighted by molar-refractivity contribution is -0.239. The summed E-state index contributed by atoms with van der Waals surface area (Å²) in [4.78, 5) is 0. The Hall–Kier alpha value is -0.440. The molecule has 23 heavy (non-hydrogen) atoms. The zero-order chi connectivity index (χ0) is 17.3. The predicted octanol–water partition coefficient (Wildman–Crippen LogP) is -5.40. The fraction of sp³-hybridized carbons (Fsp3) is 1.00. The van der Waals surface area contributed by atoms with Crippen molar-refractivity contribution < 1.29 is 55.1 Å². The van der Waals surface area contributed by atoms with Gasteiger partial charge in [0.15, 0.2) is 12.6 Å². The molecular formula is C12H22O11. The van der Waals surface area contributed by atoms with Crippen molar-refractivity contribution in [3.05, 3.63) is 0 Å². The number of hydrogen-bond donors (Lipinski definition) is 8. The Morgan fingerprint density at radius 1 is 0.783 bits per heavy atom. The molecule has 2 rings (SSSR count). The molecule has 0 amide bonds. The highest BCUT2D eigenvalue weighted by Gasteiger charge is 2.51. The van der Waals surface area contributed by atoms with Gasteiger partial charge in [-0.3, -0.25) is 0 Å². The topological polar surface area (TPSA) is 190 Å². The Bertz CT molecular complexity index is 382. The van der Waals surface area contributed by atoms with Crippen molar-refractivity contribution >= 4 is 0 Å². The molecule has 11 heteroatoms. The van der Waals surface area contributed by atoms with E-state index in [-0.39, 0.29) is 0 Å². The lowest BCUT2D eigenvalue weighted by Gasteiger charge is -2.27. The molecule has 0 aromatic carbocycles. The van der Waals surface area contributed by atoms with Crippen molar-refractivity contribution in [2.75, 3.05) is 13.2 Å². The van der Waals surface area contributed by atoms with Crippen LogP contribution < -0.4 is 0 Å². The van der Waals surface area contributed by atoms with Crippen molar-refractivity contribution in [1.82, 2.24) is 0 Å². The standard InChI is InChI=1S/C12H22O11/c13-1-3(15)9-6(17)8(19)12(23-9)21-4(2-14)10-5(16)7(18)11(20)22-10/h3-20H,1-2H2/t3-,4-,5+,6+,7+,8+,9-,10?,11+,12+/m0/s1. The zero-order valence-electron chi connectivity index (χ0n) is 12.0. The molecule has 0 bridgehead atoms. The zero-order valence-corrected chi connectivity index (χ0v) is 12.0. The van der Waals surface area contributed by atoms with Gasteiger partial charge in [0, 0.05) is 0 Å². The molecular weight excluding hydrogens is 320 g/mol. The van der Waals surface area contributed by atoms with E-state index < -0.39 is 74.6 Å². The van der Waals surface area contributed by atoms with Crippen molar-refractivity contribution in [1.29, 1.82) is 0 Å². The van der Waals surface area contributed by atoms with Gasteiger partial charge in [-0.25, -0.2) is 0 Å². The number of aliphatic hydroxyl groups is 8. The molecule has 10 atom stereocenters. The van der Waals surface area contributed by atoms with E-state index in [0.717, 1.165) is 0 Å². The molecule has 8 N–H and O–H groups in total. The van der Waals surface area contributed by atoms with E-state index in [1.54, 1.807) is 0 Å². The van der Waals surface area contributed by atoms with E-state index in [1.807, 2.05) is 0 Å². The van der Waals surface area contributed by atoms with E-state index >= 15 is 0 Å². The van der Waals surface area contributed by atoms with Crippen LogP contribution in [0.15, 0.2) is 0 Å². The highest BCUT2D eigenvalue weighted by atomic mass is 16.7. The van der Waals surface area contributed by atoms with Gasteiger partial charge in [-0.05, 0) is 0 Å². The second-order valence-electron chi connectivity index (χ2n) is 5.53. The summed E-state index contributed by atoms with van der Waals surface area (Å²) < 4.78 is 15.2. The average molecular weight is 342 g/mol. The number of rotatable bonds is 6. The second-order valence-corrected chi connectivity index (χ2v) is 5.53. The van der Waals surface area contributed by atoms with Crippen LogP contribution in [-0.4, -0.2) is 115 Å². The lowest BCUT2D eigenvalue weighted by Crippen LogP contribution is -2.46. The van der Waals surface area contributed by atoms with Gasteiger partial charge in [0.1, 0.15) is 48.8 Å². The van der Waals surface area contributed by atoms with Crippen LogP contribution in [0.3, 0.4) is 0 Å². The number of hydrogen-bond acceptors (Lipinski definition) is 11. The minimum Gasteiger partial charge on any atom is -0.394 e. The molecule has 2 aliphatic rings. The van der Waals surface area contributed by atoms with Crippen LogP contribution in [-0.2, 0) is 14.2 Å². The van der Waals surface area contributed by atoms with Crippen LogP contribution in [0, 0.1) is 0 Å². The quantitative estimate of drug-likeness (QED) is 0.230. The number of ether oxygens (including phenoxy) is 3. The van der Waals surface area contributed by atoms with Crippen molar-refractivity contribution in [3.8, 4) is 0 Å². The molecule has 2 aliphatic heterocycles. The Labute approximate surface area is 130 Å². The molecule has 0 aliphatic carbocycles. The Balaban J connectivity index is 2.02. The molecule has 0 aromatic rings. The van der Waals surface area contributed by atoms with Gasteiger partial charge in [0.2, 0.25) is 0 Å². The third-order valence-corrected chi connectivity index (χ3v) is 3.95. The van der Waals surface area contributed by atoms with Crippen LogP contribution in [0.1, 0.15) is 0 Å². The molecule has 0 saturated carbocycles. The molecule has 2 heterocycles. The summed E-state index contributed by atoms with van der Waals surface area (Å²) >= 11 is 0. The summed E-state index contributed by atoms with van der Waals surface area (Å²) in [6.45, 7) is -1.43. The first-order valence-electron chi connectivity index (χ1n) is 7.08. The highest BCUT2D eigenvalue weighted by molar-refractivity contribution is 4.94. The Kier molecular flexibility index (Phi) is 6.27. The van der Waals surface area contributed by atoms with Gasteiger partial charge in [0.05, 0.1) is 13.2 Å². The van der Waals surface area contributed by atoms with Crippen LogP contribution in [0.2, 0.25) is 0 Å². The van der Waals surface area contributed by atoms with Crippen LogP contribution >= 0.6 is 0 Å². The summed E-state index contributed by atoms with van der Waals surface area (Å²) in [6.07, 6.45) is -14.8. The molecule has 136 valence electrons. The summed E-state index contributed by atoms with van der Waals surface area (Å²) in [5.41, 5.74) is 0. The third kappa shape index (κ3) is 3.65. The Morgan fingerprint density at radius 2 is 1.39 bits per heavy atom. The Morgan fingerprint density at radius 3 is 1.87 bits per heavy atom. The molecule has 2 saturated heterocycles. The van der Waals surface area contributed by atoms with Gasteiger partial charge in [-0.15, -0.1) is 0 Å². The van der Waals surface area contributed by atoms with E-state index in [4.69, 9.17) is 19.3 Å². The maximum Gasteiger partial charge on any atom is 0.187 e. The van der Waals surface area contributed by atoms with E-state index in [2.05, 4.69) is 0 Å². The van der Waals surface area contributed by atoms with Crippen molar-refractivity contribution in [3.63, 3.8) is 0 Å². The van der Waals surface area contributed by atoms with E-state index in [0.29, 0.717) is 0 Å². The van der Waals surface area contributed by atoms with Crippen LogP contribution in [0.5, 0.6) is 0 Å². The maximum atomic E-state index is 9.85. The normalized spacial score (nSPS) is 47.0. The molecule has 0 aromatic heterocycles. The first kappa shape index (κ1) is 18.9. The van der Waals surface area contributed by atoms with Gasteiger partial charge in [0.25, 0.3) is 0 Å². The molecule has 0 radical (unpaired) electrons. The minimum absolute atomic E-state index is 0.711. The smallest absolute Gasteiger partial charge is 0.187 e. The highest BCUT2D eigenvalue weighted by Crippen LogP contribution is 2.29. The SMILES string of the molecule is OC[C@H](O[C@@H]1O[C@@H]([C@@H](O)CO)[C@H](O)[C@H]1O)C1O[C@@H](O)[C@H](O)[C@H]1O. The van der Waals surface area contributed by atoms with Crippen molar-refractivity contribution in [2.45, 2.75) is 61.4 Å². The summed E-state index contributed by atoms with van der Waals surface area (Å²) in [7, 11) is 0. The first-order chi connectivity index (χ1) is 10.8. The van der Waals surface area contributed by atoms with Gasteiger partial charge < -0.3 is 55.1 Å². The summed E-state index contributed by atoms with van der Waals surface area (Å²) in [5.74, 6) is 0. The lowest BCUT2D eigenvalue weighted by atomic mass is 10.1. The predicted molar refractivity (Wildman–Crippen MR) is 68.6 cm³/mol. The van der Waals surface area contributed by atoms with E-state index in [9.17, 15) is 35.7 Å². The number of aliphatic hydroxyl groups excluding tert-OH is 8. The van der Waals surface area contributed by atoms with Gasteiger partial charge in [-0.1, -0.05) is 0 Å². The molecule has 2 fully saturated rings. The van der Waals surface area contributed by atoms with Crippen LogP contribution in [0.25, 0.3) is 0 Å². The average Bonchev–Trinajstić information content (AvgIpc) is 2.96. The fourth-order valence-electron chi connectivity index (χ4n) is 2.60. The molecule has 11 nitrogen and oxygen atoms in total. The molecule has 1 unspecified atom stereocenters. The van der Waals surface area contributed by atoms with Gasteiger partial charge in [-0.2, -0.15) is 0 Å². The summed E-state index contributed by atoms with van der Waals surface area (Å²) in [5, 5.41) is 75.8.